The lowest BCUT2D eigenvalue weighted by atomic mass is 10.0. The van der Waals surface area contributed by atoms with Crippen LogP contribution in [0.3, 0.4) is 0 Å². The van der Waals surface area contributed by atoms with Crippen molar-refractivity contribution in [3.8, 4) is 11.3 Å². The van der Waals surface area contributed by atoms with E-state index in [1.807, 2.05) is 0 Å². The quantitative estimate of drug-likeness (QED) is 0.673. The largest absolute Gasteiger partial charge is 0.212 e. The van der Waals surface area contributed by atoms with Gasteiger partial charge in [0.1, 0.15) is 6.54 Å². The smallest absolute Gasteiger partial charge is 0.196 e. The Bertz CT molecular complexity index is 501. The molecular formula is C15H18N+. The molecule has 0 radical (unpaired) electrons. The van der Waals surface area contributed by atoms with Crippen LogP contribution in [0.5, 0.6) is 0 Å². The van der Waals surface area contributed by atoms with Gasteiger partial charge >= 0.3 is 0 Å². The van der Waals surface area contributed by atoms with Gasteiger partial charge < -0.3 is 0 Å². The van der Waals surface area contributed by atoms with Gasteiger partial charge in [-0.15, -0.1) is 0 Å². The Labute approximate surface area is 97.4 Å². The molecular weight excluding hydrogens is 194 g/mol. The van der Waals surface area contributed by atoms with Gasteiger partial charge in [-0.1, -0.05) is 18.2 Å². The zero-order valence-electron chi connectivity index (χ0n) is 10.2. The van der Waals surface area contributed by atoms with E-state index in [-0.39, 0.29) is 0 Å². The molecule has 0 fully saturated rings. The molecule has 0 saturated heterocycles. The van der Waals surface area contributed by atoms with Crippen molar-refractivity contribution in [1.82, 2.24) is 0 Å². The number of hydrogen-bond acceptors (Lipinski definition) is 0. The average molecular weight is 212 g/mol. The summed E-state index contributed by atoms with van der Waals surface area (Å²) in [7, 11) is 0. The molecule has 0 N–H and O–H groups in total. The summed E-state index contributed by atoms with van der Waals surface area (Å²) in [6.07, 6.45) is 0. The van der Waals surface area contributed by atoms with Gasteiger partial charge in [0.05, 0.1) is 0 Å². The van der Waals surface area contributed by atoms with Gasteiger partial charge in [0.15, 0.2) is 5.69 Å². The summed E-state index contributed by atoms with van der Waals surface area (Å²) in [6.45, 7) is 7.52. The highest BCUT2D eigenvalue weighted by Gasteiger charge is 2.14. The maximum absolute atomic E-state index is 2.35. The molecule has 1 heterocycles. The maximum atomic E-state index is 2.35. The van der Waals surface area contributed by atoms with Crippen LogP contribution in [0.25, 0.3) is 11.3 Å². The molecule has 0 aliphatic carbocycles. The first-order valence-electron chi connectivity index (χ1n) is 5.79. The normalized spacial score (nSPS) is 10.4. The number of benzene rings is 1. The lowest BCUT2D eigenvalue weighted by molar-refractivity contribution is -0.688. The van der Waals surface area contributed by atoms with E-state index in [4.69, 9.17) is 0 Å². The number of rotatable bonds is 2. The SMILES string of the molecule is CC[n+]1c(C)cccc1-c1ccccc1C. The second-order valence-electron chi connectivity index (χ2n) is 4.11. The molecule has 2 rings (SSSR count). The van der Waals surface area contributed by atoms with E-state index in [1.54, 1.807) is 0 Å². The summed E-state index contributed by atoms with van der Waals surface area (Å²) in [5.41, 5.74) is 5.27. The van der Waals surface area contributed by atoms with Crippen LogP contribution in [0, 0.1) is 13.8 Å². The van der Waals surface area contributed by atoms with Crippen molar-refractivity contribution in [2.45, 2.75) is 27.3 Å². The molecule has 1 aromatic carbocycles. The van der Waals surface area contributed by atoms with E-state index in [0.717, 1.165) is 6.54 Å². The van der Waals surface area contributed by atoms with Crippen LogP contribution in [0.4, 0.5) is 0 Å². The Kier molecular flexibility index (Phi) is 3.04. The highest BCUT2D eigenvalue weighted by atomic mass is 15.0. The van der Waals surface area contributed by atoms with E-state index >= 15 is 0 Å². The van der Waals surface area contributed by atoms with Crippen LogP contribution in [-0.4, -0.2) is 0 Å². The molecule has 0 atom stereocenters. The summed E-state index contributed by atoms with van der Waals surface area (Å²) < 4.78 is 2.35. The summed E-state index contributed by atoms with van der Waals surface area (Å²) in [4.78, 5) is 0. The Balaban J connectivity index is 2.65. The molecule has 1 heteroatoms. The van der Waals surface area contributed by atoms with Gasteiger partial charge in [-0.3, -0.25) is 0 Å². The van der Waals surface area contributed by atoms with E-state index in [0.29, 0.717) is 0 Å². The van der Waals surface area contributed by atoms with E-state index in [2.05, 4.69) is 67.8 Å². The highest BCUT2D eigenvalue weighted by molar-refractivity contribution is 5.60. The molecule has 2 aromatic rings. The first kappa shape index (κ1) is 10.9. The first-order valence-corrected chi connectivity index (χ1v) is 5.79. The van der Waals surface area contributed by atoms with Gasteiger partial charge in [0.2, 0.25) is 5.69 Å². The second-order valence-corrected chi connectivity index (χ2v) is 4.11. The first-order chi connectivity index (χ1) is 7.74. The van der Waals surface area contributed by atoms with E-state index < -0.39 is 0 Å². The van der Waals surface area contributed by atoms with Crippen molar-refractivity contribution in [2.24, 2.45) is 0 Å². The zero-order valence-corrected chi connectivity index (χ0v) is 10.2. The average Bonchev–Trinajstić information content (AvgIpc) is 2.29. The van der Waals surface area contributed by atoms with Gasteiger partial charge in [-0.2, -0.15) is 4.57 Å². The predicted molar refractivity (Wildman–Crippen MR) is 67.2 cm³/mol. The third-order valence-corrected chi connectivity index (χ3v) is 3.05. The lowest BCUT2D eigenvalue weighted by Gasteiger charge is -2.07. The minimum Gasteiger partial charge on any atom is -0.196 e. The zero-order chi connectivity index (χ0) is 11.5. The van der Waals surface area contributed by atoms with Crippen LogP contribution in [0.1, 0.15) is 18.2 Å². The standard InChI is InChI=1S/C15H18N/c1-4-16-13(3)9-7-11-15(16)14-10-6-5-8-12(14)2/h5-11H,4H2,1-3H3/q+1. The molecule has 0 aliphatic heterocycles. The van der Waals surface area contributed by atoms with Gasteiger partial charge in [0, 0.05) is 24.6 Å². The number of pyridine rings is 1. The van der Waals surface area contributed by atoms with Crippen LogP contribution in [-0.2, 0) is 6.54 Å². The highest BCUT2D eigenvalue weighted by Crippen LogP contribution is 2.19. The molecule has 0 amide bonds. The Morgan fingerprint density at radius 3 is 2.38 bits per heavy atom. The molecule has 0 aliphatic rings. The van der Waals surface area contributed by atoms with E-state index in [9.17, 15) is 0 Å². The summed E-state index contributed by atoms with van der Waals surface area (Å²) in [6, 6.07) is 15.0. The number of nitrogens with zero attached hydrogens (tertiary/aromatic N) is 1. The second kappa shape index (κ2) is 4.48. The topological polar surface area (TPSA) is 3.88 Å². The van der Waals surface area contributed by atoms with Crippen molar-refractivity contribution in [3.05, 3.63) is 53.7 Å². The predicted octanol–water partition coefficient (Wildman–Crippen LogP) is 3.28. The molecule has 0 saturated carbocycles. The summed E-state index contributed by atoms with van der Waals surface area (Å²) in [5, 5.41) is 0. The fourth-order valence-electron chi connectivity index (χ4n) is 2.16. The van der Waals surface area contributed by atoms with Crippen LogP contribution in [0.15, 0.2) is 42.5 Å². The van der Waals surface area contributed by atoms with Gasteiger partial charge in [0.25, 0.3) is 0 Å². The molecule has 0 unspecified atom stereocenters. The van der Waals surface area contributed by atoms with E-state index in [1.165, 1.54) is 22.5 Å². The van der Waals surface area contributed by atoms with Crippen molar-refractivity contribution in [1.29, 1.82) is 0 Å². The van der Waals surface area contributed by atoms with Crippen molar-refractivity contribution in [3.63, 3.8) is 0 Å². The number of aryl methyl sites for hydroxylation is 2. The summed E-state index contributed by atoms with van der Waals surface area (Å²) >= 11 is 0. The third kappa shape index (κ3) is 1.85. The number of aromatic nitrogens is 1. The molecule has 0 spiro atoms. The summed E-state index contributed by atoms with van der Waals surface area (Å²) in [5.74, 6) is 0. The molecule has 0 bridgehead atoms. The van der Waals surface area contributed by atoms with Crippen LogP contribution >= 0.6 is 0 Å². The fourth-order valence-corrected chi connectivity index (χ4v) is 2.16. The van der Waals surface area contributed by atoms with Gasteiger partial charge in [-0.05, 0) is 31.5 Å². The van der Waals surface area contributed by atoms with Gasteiger partial charge in [-0.25, -0.2) is 0 Å². The Hall–Kier alpha value is -1.63. The maximum Gasteiger partial charge on any atom is 0.212 e. The van der Waals surface area contributed by atoms with Crippen molar-refractivity contribution < 1.29 is 4.57 Å². The Morgan fingerprint density at radius 1 is 0.938 bits per heavy atom. The molecule has 16 heavy (non-hydrogen) atoms. The third-order valence-electron chi connectivity index (χ3n) is 3.05. The number of hydrogen-bond donors (Lipinski definition) is 0. The molecule has 82 valence electrons. The fraction of sp³-hybridized carbons (Fsp3) is 0.267. The van der Waals surface area contributed by atoms with Crippen molar-refractivity contribution in [2.75, 3.05) is 0 Å². The minimum absolute atomic E-state index is 1.01. The minimum atomic E-state index is 1.01. The molecule has 1 nitrogen and oxygen atoms in total. The van der Waals surface area contributed by atoms with Crippen LogP contribution < -0.4 is 4.57 Å². The van der Waals surface area contributed by atoms with Crippen molar-refractivity contribution >= 4 is 0 Å². The molecule has 1 aromatic heterocycles. The monoisotopic (exact) mass is 212 g/mol. The Morgan fingerprint density at radius 2 is 1.69 bits per heavy atom. The lowest BCUT2D eigenvalue weighted by Crippen LogP contribution is -2.38. The van der Waals surface area contributed by atoms with Crippen LogP contribution in [0.2, 0.25) is 0 Å².